The smallest absolute Gasteiger partial charge is 0.132 e. The summed E-state index contributed by atoms with van der Waals surface area (Å²) in [6.07, 6.45) is 1.78. The van der Waals surface area contributed by atoms with Gasteiger partial charge in [0.05, 0.1) is 0 Å². The van der Waals surface area contributed by atoms with E-state index in [0.717, 1.165) is 9.13 Å². The Balaban J connectivity index is 3.23. The second kappa shape index (κ2) is 3.50. The van der Waals surface area contributed by atoms with Crippen LogP contribution in [0.1, 0.15) is 26.3 Å². The molecule has 1 rings (SSSR count). The molecule has 0 spiro atoms. The minimum atomic E-state index is 0.0747. The number of nitrogens with zero attached hydrogens (tertiary/aromatic N) is 1. The highest BCUT2D eigenvalue weighted by atomic mass is 127. The van der Waals surface area contributed by atoms with E-state index in [2.05, 4.69) is 54.4 Å². The van der Waals surface area contributed by atoms with E-state index in [4.69, 9.17) is 11.6 Å². The first kappa shape index (κ1) is 10.3. The van der Waals surface area contributed by atoms with Gasteiger partial charge in [0, 0.05) is 9.77 Å². The van der Waals surface area contributed by atoms with Crippen LogP contribution < -0.4 is 0 Å². The monoisotopic (exact) mass is 295 g/mol. The molecule has 1 aromatic rings. The van der Waals surface area contributed by atoms with Crippen molar-refractivity contribution in [2.45, 2.75) is 26.2 Å². The molecule has 0 atom stereocenters. The van der Waals surface area contributed by atoms with Crippen LogP contribution in [-0.2, 0) is 5.41 Å². The molecule has 0 unspecified atom stereocenters. The molecule has 0 bridgehead atoms. The molecule has 0 saturated carbocycles. The normalized spacial score (nSPS) is 11.8. The summed E-state index contributed by atoms with van der Waals surface area (Å²) in [5.41, 5.74) is 1.18. The van der Waals surface area contributed by atoms with Crippen LogP contribution in [0.3, 0.4) is 0 Å². The molecule has 0 aliphatic heterocycles. The second-order valence-corrected chi connectivity index (χ2v) is 5.35. The zero-order chi connectivity index (χ0) is 9.35. The number of rotatable bonds is 0. The second-order valence-electron chi connectivity index (χ2n) is 3.74. The zero-order valence-electron chi connectivity index (χ0n) is 7.36. The Morgan fingerprint density at radius 1 is 1.42 bits per heavy atom. The molecule has 1 heterocycles. The van der Waals surface area contributed by atoms with Crippen molar-refractivity contribution in [3.05, 3.63) is 26.5 Å². The average molecular weight is 296 g/mol. The van der Waals surface area contributed by atoms with Crippen LogP contribution in [0.5, 0.6) is 0 Å². The molecule has 66 valence electrons. The van der Waals surface area contributed by atoms with Crippen LogP contribution in [0.4, 0.5) is 0 Å². The fourth-order valence-corrected chi connectivity index (χ4v) is 1.79. The van der Waals surface area contributed by atoms with E-state index in [1.807, 2.05) is 0 Å². The van der Waals surface area contributed by atoms with Crippen molar-refractivity contribution in [2.24, 2.45) is 0 Å². The van der Waals surface area contributed by atoms with Crippen molar-refractivity contribution in [1.82, 2.24) is 4.98 Å². The van der Waals surface area contributed by atoms with Gasteiger partial charge in [-0.05, 0) is 39.6 Å². The molecule has 1 nitrogen and oxygen atoms in total. The van der Waals surface area contributed by atoms with Crippen molar-refractivity contribution in [3.8, 4) is 0 Å². The third-order valence-corrected chi connectivity index (χ3v) is 2.50. The van der Waals surface area contributed by atoms with Gasteiger partial charge in [-0.2, -0.15) is 0 Å². The van der Waals surface area contributed by atoms with Gasteiger partial charge < -0.3 is 0 Å². The summed E-state index contributed by atoms with van der Waals surface area (Å²) in [5, 5.41) is 0.614. The van der Waals surface area contributed by atoms with Crippen molar-refractivity contribution in [2.75, 3.05) is 0 Å². The Bertz CT molecular complexity index is 291. The summed E-state index contributed by atoms with van der Waals surface area (Å²) in [4.78, 5) is 4.10. The third kappa shape index (κ3) is 2.33. The number of pyridine rings is 1. The molecule has 0 amide bonds. The topological polar surface area (TPSA) is 12.9 Å². The average Bonchev–Trinajstić information content (AvgIpc) is 1.92. The van der Waals surface area contributed by atoms with E-state index in [1.165, 1.54) is 0 Å². The van der Waals surface area contributed by atoms with Crippen molar-refractivity contribution in [3.63, 3.8) is 0 Å². The Hall–Kier alpha value is 0.170. The van der Waals surface area contributed by atoms with E-state index in [-0.39, 0.29) is 5.41 Å². The summed E-state index contributed by atoms with van der Waals surface area (Å²) in [6.45, 7) is 6.39. The molecule has 0 saturated heterocycles. The maximum atomic E-state index is 5.97. The van der Waals surface area contributed by atoms with Crippen LogP contribution in [0.2, 0.25) is 5.15 Å². The minimum Gasteiger partial charge on any atom is -0.243 e. The standard InChI is InChI=1S/C9H11ClIN/c1-9(2,3)7-4-6(11)5-12-8(7)10/h4-5H,1-3H3. The number of halogens is 2. The van der Waals surface area contributed by atoms with E-state index in [9.17, 15) is 0 Å². The first-order chi connectivity index (χ1) is 5.41. The molecule has 0 aliphatic carbocycles. The molecule has 0 fully saturated rings. The van der Waals surface area contributed by atoms with E-state index in [0.29, 0.717) is 5.15 Å². The van der Waals surface area contributed by atoms with E-state index in [1.54, 1.807) is 6.20 Å². The van der Waals surface area contributed by atoms with Crippen LogP contribution in [0.15, 0.2) is 12.3 Å². The van der Waals surface area contributed by atoms with Crippen molar-refractivity contribution in [1.29, 1.82) is 0 Å². The number of hydrogen-bond donors (Lipinski definition) is 0. The Labute approximate surface area is 91.7 Å². The van der Waals surface area contributed by atoms with E-state index >= 15 is 0 Å². The summed E-state index contributed by atoms with van der Waals surface area (Å²) >= 11 is 8.21. The Kier molecular flexibility index (Phi) is 2.99. The van der Waals surface area contributed by atoms with Crippen LogP contribution in [-0.4, -0.2) is 4.98 Å². The first-order valence-corrected chi connectivity index (χ1v) is 5.18. The van der Waals surface area contributed by atoms with Crippen LogP contribution in [0.25, 0.3) is 0 Å². The summed E-state index contributed by atoms with van der Waals surface area (Å²) in [6, 6.07) is 2.08. The molecule has 0 aliphatic rings. The third-order valence-electron chi connectivity index (χ3n) is 1.61. The van der Waals surface area contributed by atoms with Gasteiger partial charge in [-0.15, -0.1) is 0 Å². The lowest BCUT2D eigenvalue weighted by atomic mass is 9.88. The highest BCUT2D eigenvalue weighted by Crippen LogP contribution is 2.28. The maximum Gasteiger partial charge on any atom is 0.132 e. The largest absolute Gasteiger partial charge is 0.243 e. The molecule has 0 aromatic carbocycles. The summed E-state index contributed by atoms with van der Waals surface area (Å²) in [7, 11) is 0. The van der Waals surface area contributed by atoms with Gasteiger partial charge in [0.1, 0.15) is 5.15 Å². The van der Waals surface area contributed by atoms with Crippen LogP contribution >= 0.6 is 34.2 Å². The molecule has 12 heavy (non-hydrogen) atoms. The number of hydrogen-bond acceptors (Lipinski definition) is 1. The molecule has 1 aromatic heterocycles. The Morgan fingerprint density at radius 3 is 2.42 bits per heavy atom. The highest BCUT2D eigenvalue weighted by Gasteiger charge is 2.17. The zero-order valence-corrected chi connectivity index (χ0v) is 10.3. The number of aromatic nitrogens is 1. The van der Waals surface area contributed by atoms with Gasteiger partial charge in [-0.1, -0.05) is 32.4 Å². The molecule has 0 radical (unpaired) electrons. The van der Waals surface area contributed by atoms with Crippen molar-refractivity contribution >= 4 is 34.2 Å². The van der Waals surface area contributed by atoms with Gasteiger partial charge >= 0.3 is 0 Å². The Morgan fingerprint density at radius 2 is 2.00 bits per heavy atom. The first-order valence-electron chi connectivity index (χ1n) is 3.73. The predicted molar refractivity (Wildman–Crippen MR) is 60.7 cm³/mol. The summed E-state index contributed by atoms with van der Waals surface area (Å²) < 4.78 is 1.13. The fraction of sp³-hybridized carbons (Fsp3) is 0.444. The van der Waals surface area contributed by atoms with E-state index < -0.39 is 0 Å². The van der Waals surface area contributed by atoms with Gasteiger partial charge in [0.15, 0.2) is 0 Å². The lowest BCUT2D eigenvalue weighted by Gasteiger charge is -2.19. The van der Waals surface area contributed by atoms with Gasteiger partial charge in [-0.25, -0.2) is 4.98 Å². The van der Waals surface area contributed by atoms with Crippen molar-refractivity contribution < 1.29 is 0 Å². The molecular formula is C9H11ClIN. The SMILES string of the molecule is CC(C)(C)c1cc(I)cnc1Cl. The molecular weight excluding hydrogens is 284 g/mol. The van der Waals surface area contributed by atoms with Gasteiger partial charge in [0.25, 0.3) is 0 Å². The minimum absolute atomic E-state index is 0.0747. The predicted octanol–water partition coefficient (Wildman–Crippen LogP) is 3.64. The van der Waals surface area contributed by atoms with Crippen LogP contribution in [0, 0.1) is 3.57 Å². The molecule has 0 N–H and O–H groups in total. The maximum absolute atomic E-state index is 5.97. The quantitative estimate of drug-likeness (QED) is 0.526. The fourth-order valence-electron chi connectivity index (χ4n) is 0.949. The molecule has 3 heteroatoms. The lowest BCUT2D eigenvalue weighted by Crippen LogP contribution is -2.12. The lowest BCUT2D eigenvalue weighted by molar-refractivity contribution is 0.587. The summed E-state index contributed by atoms with van der Waals surface area (Å²) in [5.74, 6) is 0. The highest BCUT2D eigenvalue weighted by molar-refractivity contribution is 14.1. The van der Waals surface area contributed by atoms with Gasteiger partial charge in [-0.3, -0.25) is 0 Å². The van der Waals surface area contributed by atoms with Gasteiger partial charge in [0.2, 0.25) is 0 Å².